The molecule has 3 aliphatic rings. The zero-order valence-electron chi connectivity index (χ0n) is 14.7. The highest BCUT2D eigenvalue weighted by molar-refractivity contribution is 6.35. The normalized spacial score (nSPS) is 25.5. The number of hydrogen-bond acceptors (Lipinski definition) is 3. The molecule has 1 aromatic carbocycles. The summed E-state index contributed by atoms with van der Waals surface area (Å²) in [6, 6.07) is 6.80. The molecule has 0 saturated carbocycles. The van der Waals surface area contributed by atoms with Gasteiger partial charge in [-0.1, -0.05) is 24.6 Å². The average molecular weight is 347 g/mol. The van der Waals surface area contributed by atoms with Gasteiger partial charge in [0.1, 0.15) is 0 Å². The van der Waals surface area contributed by atoms with E-state index in [1.54, 1.807) is 0 Å². The molecule has 0 unspecified atom stereocenters. The molecule has 24 heavy (non-hydrogen) atoms. The van der Waals surface area contributed by atoms with Crippen LogP contribution >= 0.6 is 11.6 Å². The molecule has 130 valence electrons. The summed E-state index contributed by atoms with van der Waals surface area (Å²) in [5.41, 5.74) is 2.25. The van der Waals surface area contributed by atoms with E-state index in [2.05, 4.69) is 22.8 Å². The lowest BCUT2D eigenvalue weighted by Crippen LogP contribution is -2.44. The number of rotatable bonds is 4. The van der Waals surface area contributed by atoms with E-state index in [4.69, 9.17) is 16.7 Å². The van der Waals surface area contributed by atoms with Crippen LogP contribution in [0, 0.1) is 5.92 Å². The van der Waals surface area contributed by atoms with E-state index in [-0.39, 0.29) is 0 Å². The summed E-state index contributed by atoms with van der Waals surface area (Å²) in [5, 5.41) is 6.73. The van der Waals surface area contributed by atoms with Crippen molar-refractivity contribution < 1.29 is 0 Å². The fourth-order valence-electron chi connectivity index (χ4n) is 4.64. The second kappa shape index (κ2) is 6.66. The van der Waals surface area contributed by atoms with E-state index in [1.807, 2.05) is 23.9 Å². The van der Waals surface area contributed by atoms with Crippen molar-refractivity contribution in [3.8, 4) is 0 Å². The minimum Gasteiger partial charge on any atom is -0.299 e. The lowest BCUT2D eigenvalue weighted by Gasteiger charge is -2.35. The molecule has 5 heteroatoms. The SMILES string of the molecule is CCCN1C[C@@H]2CC[C@H]1CN(Cc1nn(C)c3cccc(Cl)c13)C2. The lowest BCUT2D eigenvalue weighted by atomic mass is 9.95. The second-order valence-corrected chi connectivity index (χ2v) is 7.90. The third-order valence-corrected chi connectivity index (χ3v) is 6.00. The Morgan fingerprint density at radius 2 is 2.08 bits per heavy atom. The Hall–Kier alpha value is -1.10. The molecule has 3 saturated heterocycles. The second-order valence-electron chi connectivity index (χ2n) is 7.49. The number of piperidine rings is 1. The summed E-state index contributed by atoms with van der Waals surface area (Å²) < 4.78 is 1.96. The maximum Gasteiger partial charge on any atom is 0.0858 e. The van der Waals surface area contributed by atoms with Crippen molar-refractivity contribution in [1.29, 1.82) is 0 Å². The molecule has 0 amide bonds. The van der Waals surface area contributed by atoms with Crippen LogP contribution in [0.25, 0.3) is 10.9 Å². The summed E-state index contributed by atoms with van der Waals surface area (Å²) in [4.78, 5) is 5.33. The molecule has 0 spiro atoms. The monoisotopic (exact) mass is 346 g/mol. The molecule has 4 heterocycles. The molecular weight excluding hydrogens is 320 g/mol. The van der Waals surface area contributed by atoms with Crippen LogP contribution in [-0.4, -0.2) is 51.8 Å². The van der Waals surface area contributed by atoms with Crippen LogP contribution in [0.3, 0.4) is 0 Å². The first-order valence-corrected chi connectivity index (χ1v) is 9.60. The van der Waals surface area contributed by atoms with Gasteiger partial charge in [0, 0.05) is 44.7 Å². The van der Waals surface area contributed by atoms with Gasteiger partial charge >= 0.3 is 0 Å². The molecule has 0 aliphatic carbocycles. The maximum atomic E-state index is 6.48. The van der Waals surface area contributed by atoms with Crippen LogP contribution in [0.2, 0.25) is 5.02 Å². The summed E-state index contributed by atoms with van der Waals surface area (Å²) in [7, 11) is 2.01. The molecule has 2 atom stereocenters. The van der Waals surface area contributed by atoms with Crippen molar-refractivity contribution in [3.05, 3.63) is 28.9 Å². The van der Waals surface area contributed by atoms with Crippen molar-refractivity contribution in [2.24, 2.45) is 13.0 Å². The number of hydrogen-bond donors (Lipinski definition) is 0. The molecule has 2 aromatic rings. The Morgan fingerprint density at radius 1 is 1.21 bits per heavy atom. The number of nitrogens with zero attached hydrogens (tertiary/aromatic N) is 4. The van der Waals surface area contributed by atoms with Crippen LogP contribution in [0.5, 0.6) is 0 Å². The molecule has 2 bridgehead atoms. The van der Waals surface area contributed by atoms with Crippen LogP contribution in [0.15, 0.2) is 18.2 Å². The van der Waals surface area contributed by atoms with Crippen molar-refractivity contribution >= 4 is 22.5 Å². The van der Waals surface area contributed by atoms with E-state index in [1.165, 1.54) is 45.4 Å². The Morgan fingerprint density at radius 3 is 2.92 bits per heavy atom. The van der Waals surface area contributed by atoms with Gasteiger partial charge in [0.25, 0.3) is 0 Å². The topological polar surface area (TPSA) is 24.3 Å². The first-order valence-electron chi connectivity index (χ1n) is 9.22. The van der Waals surface area contributed by atoms with Gasteiger partial charge in [-0.3, -0.25) is 14.5 Å². The van der Waals surface area contributed by atoms with E-state index < -0.39 is 0 Å². The van der Waals surface area contributed by atoms with E-state index in [9.17, 15) is 0 Å². The van der Waals surface area contributed by atoms with Crippen molar-refractivity contribution in [2.75, 3.05) is 26.2 Å². The third-order valence-electron chi connectivity index (χ3n) is 5.69. The van der Waals surface area contributed by atoms with E-state index in [0.29, 0.717) is 6.04 Å². The van der Waals surface area contributed by atoms with Crippen molar-refractivity contribution in [3.63, 3.8) is 0 Å². The van der Waals surface area contributed by atoms with Crippen molar-refractivity contribution in [2.45, 2.75) is 38.8 Å². The fourth-order valence-corrected chi connectivity index (χ4v) is 4.92. The highest BCUT2D eigenvalue weighted by Crippen LogP contribution is 2.31. The number of aromatic nitrogens is 2. The Bertz CT molecular complexity index is 725. The quantitative estimate of drug-likeness (QED) is 0.846. The molecule has 3 fully saturated rings. The highest BCUT2D eigenvalue weighted by atomic mass is 35.5. The molecule has 1 aromatic heterocycles. The molecule has 0 N–H and O–H groups in total. The van der Waals surface area contributed by atoms with Crippen molar-refractivity contribution in [1.82, 2.24) is 19.6 Å². The Balaban J connectivity index is 1.58. The zero-order valence-corrected chi connectivity index (χ0v) is 15.5. The van der Waals surface area contributed by atoms with Gasteiger partial charge in [-0.05, 0) is 43.9 Å². The molecule has 5 rings (SSSR count). The number of aryl methyl sites for hydroxylation is 1. The van der Waals surface area contributed by atoms with Gasteiger partial charge in [0.05, 0.1) is 16.2 Å². The Kier molecular flexibility index (Phi) is 4.54. The number of fused-ring (bicyclic) bond motifs is 5. The standard InChI is InChI=1S/C19H27ClN4/c1-3-9-24-11-14-7-8-15(24)12-23(10-14)13-17-19-16(20)5-4-6-18(19)22(2)21-17/h4-6,14-15H,3,7-13H2,1-2H3/t14-,15+/m1/s1. The highest BCUT2D eigenvalue weighted by Gasteiger charge is 2.34. The maximum absolute atomic E-state index is 6.48. The van der Waals surface area contributed by atoms with Gasteiger partial charge in [-0.2, -0.15) is 5.10 Å². The largest absolute Gasteiger partial charge is 0.299 e. The summed E-state index contributed by atoms with van der Waals surface area (Å²) >= 11 is 6.48. The Labute approximate surface area is 149 Å². The number of halogens is 1. The van der Waals surface area contributed by atoms with Crippen LogP contribution in [0.4, 0.5) is 0 Å². The van der Waals surface area contributed by atoms with Gasteiger partial charge in [-0.25, -0.2) is 0 Å². The van der Waals surface area contributed by atoms with Gasteiger partial charge in [0.15, 0.2) is 0 Å². The third kappa shape index (κ3) is 2.96. The van der Waals surface area contributed by atoms with Crippen LogP contribution < -0.4 is 0 Å². The predicted molar refractivity (Wildman–Crippen MR) is 99.4 cm³/mol. The van der Waals surface area contributed by atoms with Gasteiger partial charge < -0.3 is 0 Å². The van der Waals surface area contributed by atoms with Crippen LogP contribution in [0.1, 0.15) is 31.9 Å². The first-order chi connectivity index (χ1) is 11.7. The summed E-state index contributed by atoms with van der Waals surface area (Å²) in [6.07, 6.45) is 3.99. The van der Waals surface area contributed by atoms with Gasteiger partial charge in [-0.15, -0.1) is 0 Å². The first kappa shape index (κ1) is 16.4. The lowest BCUT2D eigenvalue weighted by molar-refractivity contribution is 0.131. The summed E-state index contributed by atoms with van der Waals surface area (Å²) in [5.74, 6) is 0.806. The molecule has 3 aliphatic heterocycles. The van der Waals surface area contributed by atoms with Crippen LogP contribution in [-0.2, 0) is 13.6 Å². The smallest absolute Gasteiger partial charge is 0.0858 e. The summed E-state index contributed by atoms with van der Waals surface area (Å²) in [6.45, 7) is 8.08. The molecule has 4 nitrogen and oxygen atoms in total. The molecular formula is C19H27ClN4. The minimum atomic E-state index is 0.717. The zero-order chi connectivity index (χ0) is 16.7. The molecule has 0 radical (unpaired) electrons. The van der Waals surface area contributed by atoms with E-state index in [0.717, 1.165) is 34.1 Å². The predicted octanol–water partition coefficient (Wildman–Crippen LogP) is 3.53. The fraction of sp³-hybridized carbons (Fsp3) is 0.632. The average Bonchev–Trinajstić information content (AvgIpc) is 2.70. The van der Waals surface area contributed by atoms with Gasteiger partial charge in [0.2, 0.25) is 0 Å². The number of benzene rings is 1. The van der Waals surface area contributed by atoms with E-state index >= 15 is 0 Å². The minimum absolute atomic E-state index is 0.717.